The largest absolute Gasteiger partial charge is 0.481 e. The number of carboxylic acids is 2. The molecule has 0 spiro atoms. The highest BCUT2D eigenvalue weighted by Crippen LogP contribution is 2.50. The Morgan fingerprint density at radius 3 is 2.00 bits per heavy atom. The highest BCUT2D eigenvalue weighted by atomic mass is 16.4. The number of likely N-dealkylation sites (tertiary alicyclic amines) is 1. The molecule has 4 unspecified atom stereocenters. The average Bonchev–Trinajstić information content (AvgIpc) is 3.37. The molecule has 5 rings (SSSR count). The van der Waals surface area contributed by atoms with Crippen LogP contribution in [0.2, 0.25) is 0 Å². The van der Waals surface area contributed by atoms with Gasteiger partial charge < -0.3 is 10.2 Å². The van der Waals surface area contributed by atoms with Crippen LogP contribution in [0, 0.1) is 11.8 Å². The van der Waals surface area contributed by atoms with E-state index in [2.05, 4.69) is 5.32 Å². The van der Waals surface area contributed by atoms with E-state index in [9.17, 15) is 29.4 Å². The van der Waals surface area contributed by atoms with Gasteiger partial charge in [-0.25, -0.2) is 0 Å². The molecule has 2 fully saturated rings. The molecule has 3 aromatic rings. The standard InChI is InChI=1S/C29H26N2O6/c32-22(33)17-29(28(36)37)24-23(26(34)31(27(24)35)16-15-18-7-3-1-4-8-18)25(30-29)21-13-11-20(12-14-21)19-9-5-2-6-10-19/h1-14,23-25,30H,15-17H2,(H,32,33)(H,36,37). The van der Waals surface area contributed by atoms with Crippen molar-refractivity contribution in [2.75, 3.05) is 6.54 Å². The van der Waals surface area contributed by atoms with Gasteiger partial charge in [0, 0.05) is 12.6 Å². The van der Waals surface area contributed by atoms with Crippen LogP contribution >= 0.6 is 0 Å². The first kappa shape index (κ1) is 24.4. The third-order valence-electron chi connectivity index (χ3n) is 7.40. The molecule has 0 saturated carbocycles. The molecule has 188 valence electrons. The second-order valence-corrected chi connectivity index (χ2v) is 9.52. The lowest BCUT2D eigenvalue weighted by atomic mass is 9.77. The molecule has 2 aliphatic rings. The summed E-state index contributed by atoms with van der Waals surface area (Å²) in [6, 6.07) is 25.5. The summed E-state index contributed by atoms with van der Waals surface area (Å²) in [5.74, 6) is -6.31. The van der Waals surface area contributed by atoms with E-state index < -0.39 is 53.6 Å². The summed E-state index contributed by atoms with van der Waals surface area (Å²) in [6.45, 7) is 0.0944. The smallest absolute Gasteiger partial charge is 0.325 e. The fraction of sp³-hybridized carbons (Fsp3) is 0.241. The number of imide groups is 1. The number of fused-ring (bicyclic) bond motifs is 1. The summed E-state index contributed by atoms with van der Waals surface area (Å²) in [5.41, 5.74) is 1.38. The number of hydrogen-bond acceptors (Lipinski definition) is 5. The van der Waals surface area contributed by atoms with E-state index in [1.807, 2.05) is 72.8 Å². The zero-order valence-corrected chi connectivity index (χ0v) is 19.9. The summed E-state index contributed by atoms with van der Waals surface area (Å²) >= 11 is 0. The van der Waals surface area contributed by atoms with Crippen LogP contribution in [0.15, 0.2) is 84.9 Å². The second-order valence-electron chi connectivity index (χ2n) is 9.52. The molecule has 8 nitrogen and oxygen atoms in total. The van der Waals surface area contributed by atoms with Gasteiger partial charge >= 0.3 is 11.9 Å². The molecule has 0 bridgehead atoms. The minimum Gasteiger partial charge on any atom is -0.481 e. The van der Waals surface area contributed by atoms with Crippen LogP contribution in [0.5, 0.6) is 0 Å². The monoisotopic (exact) mass is 498 g/mol. The molecule has 0 aliphatic carbocycles. The van der Waals surface area contributed by atoms with E-state index in [-0.39, 0.29) is 6.54 Å². The molecule has 2 heterocycles. The Balaban J connectivity index is 1.50. The van der Waals surface area contributed by atoms with E-state index in [0.29, 0.717) is 12.0 Å². The van der Waals surface area contributed by atoms with Crippen LogP contribution in [0.3, 0.4) is 0 Å². The van der Waals surface area contributed by atoms with Gasteiger partial charge in [-0.2, -0.15) is 0 Å². The zero-order chi connectivity index (χ0) is 26.2. The number of benzene rings is 3. The van der Waals surface area contributed by atoms with Crippen molar-refractivity contribution in [1.29, 1.82) is 0 Å². The van der Waals surface area contributed by atoms with Crippen molar-refractivity contribution in [1.82, 2.24) is 10.2 Å². The van der Waals surface area contributed by atoms with E-state index in [0.717, 1.165) is 21.6 Å². The number of amides is 2. The lowest BCUT2D eigenvalue weighted by Crippen LogP contribution is -2.57. The number of rotatable bonds is 8. The number of carbonyl (C=O) groups excluding carboxylic acids is 2. The second kappa shape index (κ2) is 9.63. The number of nitrogens with one attached hydrogen (secondary N) is 1. The number of hydrogen-bond donors (Lipinski definition) is 3. The first-order valence-corrected chi connectivity index (χ1v) is 12.1. The van der Waals surface area contributed by atoms with Crippen molar-refractivity contribution >= 4 is 23.8 Å². The van der Waals surface area contributed by atoms with Gasteiger partial charge in [-0.1, -0.05) is 84.9 Å². The number of aliphatic carboxylic acids is 2. The lowest BCUT2D eigenvalue weighted by Gasteiger charge is -2.29. The lowest BCUT2D eigenvalue weighted by molar-refractivity contribution is -0.156. The molecule has 2 aliphatic heterocycles. The maximum atomic E-state index is 13.6. The summed E-state index contributed by atoms with van der Waals surface area (Å²) in [5, 5.41) is 22.7. The number of carbonyl (C=O) groups is 4. The van der Waals surface area contributed by atoms with E-state index in [1.54, 1.807) is 12.1 Å². The fourth-order valence-electron chi connectivity index (χ4n) is 5.64. The van der Waals surface area contributed by atoms with Crippen molar-refractivity contribution in [3.8, 4) is 11.1 Å². The third kappa shape index (κ3) is 4.29. The van der Waals surface area contributed by atoms with Gasteiger partial charge in [-0.05, 0) is 28.7 Å². The van der Waals surface area contributed by atoms with Gasteiger partial charge in [0.15, 0.2) is 0 Å². The van der Waals surface area contributed by atoms with Crippen LogP contribution in [0.1, 0.15) is 23.6 Å². The third-order valence-corrected chi connectivity index (χ3v) is 7.40. The molecule has 3 N–H and O–H groups in total. The SMILES string of the molecule is O=C(O)CC1(C(=O)O)NC(c2ccc(-c3ccccc3)cc2)C2C(=O)N(CCc3ccccc3)C(=O)C21. The highest BCUT2D eigenvalue weighted by molar-refractivity contribution is 6.10. The first-order chi connectivity index (χ1) is 17.8. The van der Waals surface area contributed by atoms with Crippen molar-refractivity contribution < 1.29 is 29.4 Å². The van der Waals surface area contributed by atoms with Gasteiger partial charge in [0.25, 0.3) is 0 Å². The Labute approximate surface area is 213 Å². The maximum absolute atomic E-state index is 13.6. The molecule has 3 aromatic carbocycles. The van der Waals surface area contributed by atoms with Crippen LogP contribution in [0.25, 0.3) is 11.1 Å². The Morgan fingerprint density at radius 1 is 0.811 bits per heavy atom. The van der Waals surface area contributed by atoms with Crippen molar-refractivity contribution in [3.05, 3.63) is 96.1 Å². The van der Waals surface area contributed by atoms with Crippen molar-refractivity contribution in [3.63, 3.8) is 0 Å². The van der Waals surface area contributed by atoms with Crippen LogP contribution in [-0.2, 0) is 25.6 Å². The molecule has 8 heteroatoms. The van der Waals surface area contributed by atoms with E-state index in [1.165, 1.54) is 0 Å². The number of nitrogens with zero attached hydrogens (tertiary/aromatic N) is 1. The first-order valence-electron chi connectivity index (χ1n) is 12.1. The summed E-state index contributed by atoms with van der Waals surface area (Å²) < 4.78 is 0. The molecule has 37 heavy (non-hydrogen) atoms. The Morgan fingerprint density at radius 2 is 1.41 bits per heavy atom. The molecule has 2 saturated heterocycles. The fourth-order valence-corrected chi connectivity index (χ4v) is 5.64. The normalized spacial score (nSPS) is 24.8. The van der Waals surface area contributed by atoms with E-state index >= 15 is 0 Å². The quantitative estimate of drug-likeness (QED) is 0.408. The van der Waals surface area contributed by atoms with Crippen molar-refractivity contribution in [2.24, 2.45) is 11.8 Å². The minimum atomic E-state index is -2.10. The van der Waals surface area contributed by atoms with Crippen LogP contribution in [0.4, 0.5) is 0 Å². The maximum Gasteiger partial charge on any atom is 0.325 e. The summed E-state index contributed by atoms with van der Waals surface area (Å²) in [6.07, 6.45) is -0.408. The van der Waals surface area contributed by atoms with Gasteiger partial charge in [0.2, 0.25) is 11.8 Å². The highest BCUT2D eigenvalue weighted by Gasteiger charge is 2.68. The Hall–Kier alpha value is -4.30. The molecule has 4 atom stereocenters. The molecular weight excluding hydrogens is 472 g/mol. The molecule has 2 amide bonds. The van der Waals surface area contributed by atoms with Gasteiger partial charge in [-0.3, -0.25) is 29.4 Å². The van der Waals surface area contributed by atoms with Crippen LogP contribution < -0.4 is 5.32 Å². The summed E-state index contributed by atoms with van der Waals surface area (Å²) in [4.78, 5) is 52.6. The van der Waals surface area contributed by atoms with Gasteiger partial charge in [0.05, 0.1) is 18.3 Å². The predicted octanol–water partition coefficient (Wildman–Crippen LogP) is 3.14. The topological polar surface area (TPSA) is 124 Å². The van der Waals surface area contributed by atoms with Gasteiger partial charge in [0.1, 0.15) is 5.54 Å². The Kier molecular flexibility index (Phi) is 6.35. The van der Waals surface area contributed by atoms with Gasteiger partial charge in [-0.15, -0.1) is 0 Å². The van der Waals surface area contributed by atoms with Crippen LogP contribution in [-0.4, -0.2) is 50.9 Å². The average molecular weight is 499 g/mol. The molecule has 0 radical (unpaired) electrons. The molecular formula is C29H26N2O6. The van der Waals surface area contributed by atoms with E-state index in [4.69, 9.17) is 0 Å². The minimum absolute atomic E-state index is 0.0944. The number of carboxylic acid groups (broad SMARTS) is 2. The summed E-state index contributed by atoms with van der Waals surface area (Å²) in [7, 11) is 0. The van der Waals surface area contributed by atoms with Crippen molar-refractivity contribution in [2.45, 2.75) is 24.4 Å². The zero-order valence-electron chi connectivity index (χ0n) is 19.9. The predicted molar refractivity (Wildman–Crippen MR) is 134 cm³/mol. The Bertz CT molecular complexity index is 1340. The molecule has 0 aromatic heterocycles.